The van der Waals surface area contributed by atoms with Crippen LogP contribution in [0.4, 0.5) is 5.69 Å². The average Bonchev–Trinajstić information content (AvgIpc) is 3.05. The molecule has 1 N–H and O–H groups in total. The third-order valence-corrected chi connectivity index (χ3v) is 3.71. The van der Waals surface area contributed by atoms with Crippen LogP contribution in [0.2, 0.25) is 0 Å². The first kappa shape index (κ1) is 13.0. The summed E-state index contributed by atoms with van der Waals surface area (Å²) in [6.45, 7) is 3.59. The Balaban J connectivity index is 1.58. The summed E-state index contributed by atoms with van der Waals surface area (Å²) >= 11 is 1.65. The summed E-state index contributed by atoms with van der Waals surface area (Å²) in [4.78, 5) is 5.57. The smallest absolute Gasteiger partial charge is 0.193 e. The Bertz CT molecular complexity index is 643. The molecule has 3 aromatic rings. The lowest BCUT2D eigenvalue weighted by Gasteiger charge is -2.07. The monoisotopic (exact) mass is 287 g/mol. The van der Waals surface area contributed by atoms with Crippen molar-refractivity contribution >= 4 is 22.0 Å². The maximum Gasteiger partial charge on any atom is 0.193 e. The maximum absolute atomic E-state index is 5.56. The SMILES string of the molecule is CCCOc1ccc(NCc2cn3ccsc3n2)cc1. The van der Waals surface area contributed by atoms with E-state index in [0.29, 0.717) is 0 Å². The first-order valence-electron chi connectivity index (χ1n) is 6.73. The van der Waals surface area contributed by atoms with Crippen LogP contribution in [-0.4, -0.2) is 16.0 Å². The predicted octanol–water partition coefficient (Wildman–Crippen LogP) is 3.80. The number of benzene rings is 1. The van der Waals surface area contributed by atoms with E-state index in [1.807, 2.05) is 40.2 Å². The van der Waals surface area contributed by atoms with Gasteiger partial charge in [0.15, 0.2) is 4.96 Å². The number of rotatable bonds is 6. The number of thiazole rings is 1. The van der Waals surface area contributed by atoms with Gasteiger partial charge in [0.1, 0.15) is 5.75 Å². The molecule has 20 heavy (non-hydrogen) atoms. The quantitative estimate of drug-likeness (QED) is 0.749. The van der Waals surface area contributed by atoms with E-state index in [1.54, 1.807) is 11.3 Å². The molecule has 0 saturated carbocycles. The summed E-state index contributed by atoms with van der Waals surface area (Å²) in [6, 6.07) is 8.04. The summed E-state index contributed by atoms with van der Waals surface area (Å²) < 4.78 is 7.61. The lowest BCUT2D eigenvalue weighted by atomic mass is 10.3. The summed E-state index contributed by atoms with van der Waals surface area (Å²) in [5.41, 5.74) is 2.12. The molecule has 104 valence electrons. The van der Waals surface area contributed by atoms with Crippen LogP contribution in [0.15, 0.2) is 42.0 Å². The van der Waals surface area contributed by atoms with Crippen molar-refractivity contribution in [2.24, 2.45) is 0 Å². The highest BCUT2D eigenvalue weighted by atomic mass is 32.1. The zero-order chi connectivity index (χ0) is 13.8. The van der Waals surface area contributed by atoms with E-state index in [2.05, 4.69) is 23.4 Å². The van der Waals surface area contributed by atoms with Crippen molar-refractivity contribution in [3.8, 4) is 5.75 Å². The van der Waals surface area contributed by atoms with E-state index in [0.717, 1.165) is 41.7 Å². The van der Waals surface area contributed by atoms with Gasteiger partial charge in [-0.15, -0.1) is 11.3 Å². The van der Waals surface area contributed by atoms with Crippen molar-refractivity contribution in [1.29, 1.82) is 0 Å². The molecule has 5 heteroatoms. The van der Waals surface area contributed by atoms with Gasteiger partial charge in [-0.2, -0.15) is 0 Å². The number of aromatic nitrogens is 2. The number of nitrogens with zero attached hydrogens (tertiary/aromatic N) is 2. The molecular weight excluding hydrogens is 270 g/mol. The molecule has 0 amide bonds. The van der Waals surface area contributed by atoms with Crippen molar-refractivity contribution in [1.82, 2.24) is 9.38 Å². The van der Waals surface area contributed by atoms with Crippen LogP contribution in [0.25, 0.3) is 4.96 Å². The molecular formula is C15H17N3OS. The van der Waals surface area contributed by atoms with E-state index in [1.165, 1.54) is 0 Å². The van der Waals surface area contributed by atoms with Crippen LogP contribution in [0, 0.1) is 0 Å². The highest BCUT2D eigenvalue weighted by Crippen LogP contribution is 2.17. The standard InChI is InChI=1S/C15H17N3OS/c1-2-8-19-14-5-3-12(4-6-14)16-10-13-11-18-7-9-20-15(18)17-13/h3-7,9,11,16H,2,8,10H2,1H3. The normalized spacial score (nSPS) is 10.8. The van der Waals surface area contributed by atoms with Gasteiger partial charge in [-0.05, 0) is 30.7 Å². The molecule has 4 nitrogen and oxygen atoms in total. The van der Waals surface area contributed by atoms with Crippen molar-refractivity contribution in [3.05, 3.63) is 47.7 Å². The number of imidazole rings is 1. The van der Waals surface area contributed by atoms with Crippen LogP contribution < -0.4 is 10.1 Å². The van der Waals surface area contributed by atoms with Crippen LogP contribution in [-0.2, 0) is 6.54 Å². The van der Waals surface area contributed by atoms with Crippen molar-refractivity contribution in [2.45, 2.75) is 19.9 Å². The second-order valence-corrected chi connectivity index (χ2v) is 5.42. The Labute approximate surface area is 122 Å². The highest BCUT2D eigenvalue weighted by molar-refractivity contribution is 7.15. The summed E-state index contributed by atoms with van der Waals surface area (Å²) in [6.07, 6.45) is 5.10. The third-order valence-electron chi connectivity index (χ3n) is 2.94. The number of hydrogen-bond donors (Lipinski definition) is 1. The lowest BCUT2D eigenvalue weighted by molar-refractivity contribution is 0.317. The van der Waals surface area contributed by atoms with E-state index < -0.39 is 0 Å². The Morgan fingerprint density at radius 2 is 2.15 bits per heavy atom. The van der Waals surface area contributed by atoms with Gasteiger partial charge in [0.2, 0.25) is 0 Å². The molecule has 0 unspecified atom stereocenters. The van der Waals surface area contributed by atoms with E-state index in [-0.39, 0.29) is 0 Å². The Morgan fingerprint density at radius 3 is 2.90 bits per heavy atom. The fraction of sp³-hybridized carbons (Fsp3) is 0.267. The molecule has 0 atom stereocenters. The van der Waals surface area contributed by atoms with Gasteiger partial charge in [-0.25, -0.2) is 4.98 Å². The number of anilines is 1. The van der Waals surface area contributed by atoms with Crippen molar-refractivity contribution in [3.63, 3.8) is 0 Å². The van der Waals surface area contributed by atoms with Gasteiger partial charge in [0.25, 0.3) is 0 Å². The number of hydrogen-bond acceptors (Lipinski definition) is 4. The molecule has 1 aromatic carbocycles. The molecule has 0 spiro atoms. The number of ether oxygens (including phenoxy) is 1. The zero-order valence-electron chi connectivity index (χ0n) is 11.4. The molecule has 0 aliphatic heterocycles. The number of fused-ring (bicyclic) bond motifs is 1. The van der Waals surface area contributed by atoms with Crippen LogP contribution in [0.3, 0.4) is 0 Å². The van der Waals surface area contributed by atoms with Gasteiger partial charge in [0, 0.05) is 23.5 Å². The first-order valence-corrected chi connectivity index (χ1v) is 7.61. The molecule has 0 saturated heterocycles. The van der Waals surface area contributed by atoms with E-state index >= 15 is 0 Å². The fourth-order valence-electron chi connectivity index (χ4n) is 1.94. The first-order chi connectivity index (χ1) is 9.85. The highest BCUT2D eigenvalue weighted by Gasteiger charge is 2.02. The van der Waals surface area contributed by atoms with Gasteiger partial charge < -0.3 is 10.1 Å². The van der Waals surface area contributed by atoms with E-state index in [9.17, 15) is 0 Å². The zero-order valence-corrected chi connectivity index (χ0v) is 12.2. The molecule has 0 bridgehead atoms. The minimum atomic E-state index is 0.726. The van der Waals surface area contributed by atoms with Crippen LogP contribution in [0.1, 0.15) is 19.0 Å². The Hall–Kier alpha value is -2.01. The minimum Gasteiger partial charge on any atom is -0.494 e. The molecule has 0 aliphatic rings. The van der Waals surface area contributed by atoms with Gasteiger partial charge in [0.05, 0.1) is 18.8 Å². The largest absolute Gasteiger partial charge is 0.494 e. The predicted molar refractivity (Wildman–Crippen MR) is 82.6 cm³/mol. The summed E-state index contributed by atoms with van der Waals surface area (Å²) in [7, 11) is 0. The average molecular weight is 287 g/mol. The fourth-order valence-corrected chi connectivity index (χ4v) is 2.66. The van der Waals surface area contributed by atoms with Crippen molar-refractivity contribution in [2.75, 3.05) is 11.9 Å². The molecule has 2 aromatic heterocycles. The topological polar surface area (TPSA) is 38.6 Å². The third kappa shape index (κ3) is 2.93. The summed E-state index contributed by atoms with van der Waals surface area (Å²) in [5.74, 6) is 0.917. The summed E-state index contributed by atoms with van der Waals surface area (Å²) in [5, 5.41) is 5.40. The minimum absolute atomic E-state index is 0.726. The molecule has 2 heterocycles. The van der Waals surface area contributed by atoms with Gasteiger partial charge >= 0.3 is 0 Å². The molecule has 3 rings (SSSR count). The van der Waals surface area contributed by atoms with Crippen molar-refractivity contribution < 1.29 is 4.74 Å². The Kier molecular flexibility index (Phi) is 3.87. The molecule has 0 aliphatic carbocycles. The van der Waals surface area contributed by atoms with Crippen LogP contribution >= 0.6 is 11.3 Å². The molecule has 0 radical (unpaired) electrons. The number of nitrogens with one attached hydrogen (secondary N) is 1. The van der Waals surface area contributed by atoms with E-state index in [4.69, 9.17) is 4.74 Å². The second kappa shape index (κ2) is 5.96. The van der Waals surface area contributed by atoms with Gasteiger partial charge in [-0.3, -0.25) is 4.40 Å². The maximum atomic E-state index is 5.56. The lowest BCUT2D eigenvalue weighted by Crippen LogP contribution is -2.00. The van der Waals surface area contributed by atoms with Gasteiger partial charge in [-0.1, -0.05) is 6.92 Å². The second-order valence-electron chi connectivity index (χ2n) is 4.55. The Morgan fingerprint density at radius 1 is 1.30 bits per heavy atom. The molecule has 0 fully saturated rings. The van der Waals surface area contributed by atoms with Crippen LogP contribution in [0.5, 0.6) is 5.75 Å².